The molecule has 2 atom stereocenters. The summed E-state index contributed by atoms with van der Waals surface area (Å²) in [6.07, 6.45) is 3.45. The molecule has 2 aliphatic rings. The number of rotatable bonds is 5. The van der Waals surface area contributed by atoms with Crippen LogP contribution in [0.2, 0.25) is 0 Å². The van der Waals surface area contributed by atoms with Crippen LogP contribution in [0.15, 0.2) is 53.5 Å². The van der Waals surface area contributed by atoms with Crippen molar-refractivity contribution in [2.24, 2.45) is 0 Å². The van der Waals surface area contributed by atoms with E-state index in [0.29, 0.717) is 17.3 Å². The lowest BCUT2D eigenvalue weighted by Crippen LogP contribution is -2.52. The lowest BCUT2D eigenvalue weighted by atomic mass is 9.87. The number of halogens is 2. The molecule has 1 saturated carbocycles. The Kier molecular flexibility index (Phi) is 5.48. The molecular weight excluding hydrogens is 426 g/mol. The van der Waals surface area contributed by atoms with Crippen LogP contribution in [0.25, 0.3) is 10.9 Å². The topological polar surface area (TPSA) is 78.1 Å². The van der Waals surface area contributed by atoms with Gasteiger partial charge < -0.3 is 10.3 Å². The van der Waals surface area contributed by atoms with Crippen LogP contribution >= 0.6 is 0 Å². The summed E-state index contributed by atoms with van der Waals surface area (Å²) in [7, 11) is 0. The first-order valence-corrected chi connectivity index (χ1v) is 11.3. The number of fused-ring (bicyclic) bond motifs is 1. The van der Waals surface area contributed by atoms with E-state index in [1.165, 1.54) is 36.7 Å². The van der Waals surface area contributed by atoms with Crippen molar-refractivity contribution in [1.29, 1.82) is 0 Å². The molecule has 33 heavy (non-hydrogen) atoms. The number of pyridine rings is 2. The maximum absolute atomic E-state index is 14.6. The summed E-state index contributed by atoms with van der Waals surface area (Å²) < 4.78 is 29.3. The summed E-state index contributed by atoms with van der Waals surface area (Å²) in [6.45, 7) is 1.84. The Morgan fingerprint density at radius 3 is 2.70 bits per heavy atom. The van der Waals surface area contributed by atoms with Gasteiger partial charge in [0.15, 0.2) is 0 Å². The molecule has 1 aliphatic carbocycles. The lowest BCUT2D eigenvalue weighted by Gasteiger charge is -2.40. The number of amides is 1. The van der Waals surface area contributed by atoms with E-state index in [0.717, 1.165) is 10.9 Å². The Hall–Kier alpha value is -3.13. The van der Waals surface area contributed by atoms with Crippen molar-refractivity contribution in [3.63, 3.8) is 0 Å². The predicted molar refractivity (Wildman–Crippen MR) is 123 cm³/mol. The van der Waals surface area contributed by atoms with Gasteiger partial charge in [-0.2, -0.15) is 0 Å². The minimum absolute atomic E-state index is 0.0166. The van der Waals surface area contributed by atoms with Crippen LogP contribution in [0.3, 0.4) is 0 Å². The van der Waals surface area contributed by atoms with E-state index in [1.807, 2.05) is 12.1 Å². The Balaban J connectivity index is 1.29. The number of anilines is 1. The Labute approximate surface area is 190 Å². The van der Waals surface area contributed by atoms with Crippen molar-refractivity contribution in [2.45, 2.75) is 50.0 Å². The zero-order valence-corrected chi connectivity index (χ0v) is 18.4. The number of aromatic nitrogens is 2. The molecule has 1 unspecified atom stereocenters. The normalized spacial score (nSPS) is 21.6. The first-order chi connectivity index (χ1) is 15.8. The van der Waals surface area contributed by atoms with Crippen molar-refractivity contribution < 1.29 is 13.6 Å². The van der Waals surface area contributed by atoms with Crippen LogP contribution < -0.4 is 10.9 Å². The minimum atomic E-state index is -2.91. The number of hydrogen-bond donors (Lipinski definition) is 2. The maximum Gasteiger partial charge on any atom is 0.257 e. The molecule has 8 heteroatoms. The zero-order valence-electron chi connectivity index (χ0n) is 18.4. The summed E-state index contributed by atoms with van der Waals surface area (Å²) in [4.78, 5) is 33.0. The van der Waals surface area contributed by atoms with Crippen LogP contribution in [-0.2, 0) is 4.79 Å². The molecule has 5 rings (SSSR count). The second-order valence-electron chi connectivity index (χ2n) is 9.13. The van der Waals surface area contributed by atoms with Crippen LogP contribution in [0.4, 0.5) is 14.6 Å². The van der Waals surface area contributed by atoms with Crippen molar-refractivity contribution in [3.8, 4) is 0 Å². The second kappa shape index (κ2) is 8.33. The molecule has 2 fully saturated rings. The molecule has 1 amide bonds. The number of aromatic amines is 1. The van der Waals surface area contributed by atoms with Gasteiger partial charge >= 0.3 is 0 Å². The fourth-order valence-corrected chi connectivity index (χ4v) is 4.55. The van der Waals surface area contributed by atoms with Gasteiger partial charge in [-0.05, 0) is 61.1 Å². The molecule has 1 saturated heterocycles. The Morgan fingerprint density at radius 2 is 1.97 bits per heavy atom. The average Bonchev–Trinajstić information content (AvgIpc) is 3.64. The highest BCUT2D eigenvalue weighted by Gasteiger charge is 2.46. The third kappa shape index (κ3) is 4.53. The number of nitrogens with one attached hydrogen (secondary N) is 2. The van der Waals surface area contributed by atoms with Gasteiger partial charge in [0.2, 0.25) is 11.5 Å². The van der Waals surface area contributed by atoms with Crippen molar-refractivity contribution in [2.75, 3.05) is 18.4 Å². The van der Waals surface area contributed by atoms with E-state index in [9.17, 15) is 18.4 Å². The molecule has 0 radical (unpaired) electrons. The average molecular weight is 453 g/mol. The predicted octanol–water partition coefficient (Wildman–Crippen LogP) is 4.25. The smallest absolute Gasteiger partial charge is 0.257 e. The monoisotopic (exact) mass is 452 g/mol. The van der Waals surface area contributed by atoms with E-state index in [2.05, 4.69) is 27.4 Å². The van der Waals surface area contributed by atoms with Gasteiger partial charge in [0, 0.05) is 37.2 Å². The molecule has 0 bridgehead atoms. The number of carbonyl (C=O) groups excluding carboxylic acids is 1. The Bertz CT molecular complexity index is 1230. The van der Waals surface area contributed by atoms with Gasteiger partial charge in [0.05, 0.1) is 17.5 Å². The molecule has 0 spiro atoms. The van der Waals surface area contributed by atoms with E-state index < -0.39 is 17.9 Å². The minimum Gasteiger partial charge on any atom is -0.329 e. The van der Waals surface area contributed by atoms with Crippen LogP contribution in [0, 0.1) is 0 Å². The van der Waals surface area contributed by atoms with E-state index in [1.54, 1.807) is 17.9 Å². The first-order valence-electron chi connectivity index (χ1n) is 11.3. The fourth-order valence-electron chi connectivity index (χ4n) is 4.55. The molecule has 3 heterocycles. The quantitative estimate of drug-likeness (QED) is 0.607. The molecule has 6 nitrogen and oxygen atoms in total. The van der Waals surface area contributed by atoms with Crippen LogP contribution in [0.1, 0.15) is 49.1 Å². The second-order valence-corrected chi connectivity index (χ2v) is 9.13. The third-order valence-electron chi connectivity index (χ3n) is 6.81. The fraction of sp³-hybridized carbons (Fsp3) is 0.400. The number of hydrogen-bond acceptors (Lipinski definition) is 4. The molecule has 1 aromatic carbocycles. The number of benzene rings is 1. The number of carbonyl (C=O) groups is 1. The van der Waals surface area contributed by atoms with Gasteiger partial charge in [-0.3, -0.25) is 14.5 Å². The van der Waals surface area contributed by atoms with Gasteiger partial charge in [-0.1, -0.05) is 12.1 Å². The largest absolute Gasteiger partial charge is 0.329 e. The number of nitrogens with zero attached hydrogens (tertiary/aromatic N) is 2. The number of H-pyrrole nitrogens is 1. The molecule has 172 valence electrons. The van der Waals surface area contributed by atoms with E-state index in [4.69, 9.17) is 0 Å². The van der Waals surface area contributed by atoms with Crippen molar-refractivity contribution in [1.82, 2.24) is 14.9 Å². The summed E-state index contributed by atoms with van der Waals surface area (Å²) in [5.41, 5.74) is 2.15. The SMILES string of the molecule is CC(C(=O)Nc1ccc2cc(C3CC3)ccc2n1)N1CCC(F)(F)[C@@H](c2ccc(=O)[nH]c2)C1. The third-order valence-corrected chi connectivity index (χ3v) is 6.81. The maximum atomic E-state index is 14.6. The van der Waals surface area contributed by atoms with Crippen molar-refractivity contribution in [3.05, 3.63) is 70.1 Å². The summed E-state index contributed by atoms with van der Waals surface area (Å²) in [5.74, 6) is -3.20. The van der Waals surface area contributed by atoms with E-state index >= 15 is 0 Å². The van der Waals surface area contributed by atoms with Gasteiger partial charge in [0.1, 0.15) is 5.82 Å². The molecule has 1 aliphatic heterocycles. The molecule has 3 aromatic rings. The summed E-state index contributed by atoms with van der Waals surface area (Å²) in [5, 5.41) is 3.87. The van der Waals surface area contributed by atoms with Crippen LogP contribution in [0.5, 0.6) is 0 Å². The number of alkyl halides is 2. The van der Waals surface area contributed by atoms with Crippen molar-refractivity contribution >= 4 is 22.6 Å². The summed E-state index contributed by atoms with van der Waals surface area (Å²) in [6, 6.07) is 12.0. The van der Waals surface area contributed by atoms with E-state index in [-0.39, 0.29) is 31.0 Å². The van der Waals surface area contributed by atoms with Gasteiger partial charge in [0.25, 0.3) is 5.92 Å². The highest BCUT2D eigenvalue weighted by molar-refractivity contribution is 5.95. The molecular formula is C25H26F2N4O2. The van der Waals surface area contributed by atoms with Gasteiger partial charge in [-0.25, -0.2) is 13.8 Å². The molecule has 2 N–H and O–H groups in total. The number of likely N-dealkylation sites (tertiary alicyclic amines) is 1. The standard InChI is InChI=1S/C25H26F2N4O2/c1-15(31-11-10-25(26,27)20(14-31)19-6-9-23(32)28-13-19)24(33)30-22-8-5-18-12-17(16-2-3-16)4-7-21(18)29-22/h4-9,12-13,15-16,20H,2-3,10-11,14H2,1H3,(H,28,32)(H,29,30,33)/t15?,20-/m1/s1. The van der Waals surface area contributed by atoms with Gasteiger partial charge in [-0.15, -0.1) is 0 Å². The van der Waals surface area contributed by atoms with Crippen LogP contribution in [-0.4, -0.2) is 45.8 Å². The zero-order chi connectivity index (χ0) is 23.2. The molecule has 2 aromatic heterocycles. The number of piperidine rings is 1. The summed E-state index contributed by atoms with van der Waals surface area (Å²) >= 11 is 0. The first kappa shape index (κ1) is 21.7. The highest BCUT2D eigenvalue weighted by Crippen LogP contribution is 2.41. The lowest BCUT2D eigenvalue weighted by molar-refractivity contribution is -0.125. The Morgan fingerprint density at radius 1 is 1.18 bits per heavy atom. The highest BCUT2D eigenvalue weighted by atomic mass is 19.3.